The molecule has 0 saturated heterocycles. The van der Waals surface area contributed by atoms with Gasteiger partial charge in [0.25, 0.3) is 0 Å². The van der Waals surface area contributed by atoms with E-state index in [0.29, 0.717) is 5.69 Å². The molecule has 0 aliphatic carbocycles. The van der Waals surface area contributed by atoms with Crippen LogP contribution in [0.3, 0.4) is 0 Å². The average Bonchev–Trinajstić information content (AvgIpc) is 2.53. The Kier molecular flexibility index (Phi) is 3.71. The van der Waals surface area contributed by atoms with Crippen LogP contribution >= 0.6 is 0 Å². The standard InChI is InChI=1S/C17H17FN2O/c1-20(14-7-4-6-13(18)11-14)17(21)16-15-8-3-2-5-12(15)9-10-19-16/h2-8,11,16,19H,9-10H2,1H3. The van der Waals surface area contributed by atoms with E-state index in [1.807, 2.05) is 18.2 Å². The van der Waals surface area contributed by atoms with Crippen molar-refractivity contribution in [3.63, 3.8) is 0 Å². The predicted molar refractivity (Wildman–Crippen MR) is 80.7 cm³/mol. The van der Waals surface area contributed by atoms with Crippen molar-refractivity contribution in [2.75, 3.05) is 18.5 Å². The van der Waals surface area contributed by atoms with Crippen LogP contribution in [0.2, 0.25) is 0 Å². The number of benzene rings is 2. The number of hydrogen-bond donors (Lipinski definition) is 1. The summed E-state index contributed by atoms with van der Waals surface area (Å²) in [4.78, 5) is 14.2. The van der Waals surface area contributed by atoms with Crippen LogP contribution in [-0.2, 0) is 11.2 Å². The van der Waals surface area contributed by atoms with Gasteiger partial charge in [0.1, 0.15) is 11.9 Å². The summed E-state index contributed by atoms with van der Waals surface area (Å²) < 4.78 is 13.3. The fourth-order valence-electron chi connectivity index (χ4n) is 2.73. The van der Waals surface area contributed by atoms with Gasteiger partial charge in [-0.1, -0.05) is 30.3 Å². The van der Waals surface area contributed by atoms with Gasteiger partial charge in [0.2, 0.25) is 5.91 Å². The van der Waals surface area contributed by atoms with Crippen molar-refractivity contribution < 1.29 is 9.18 Å². The molecule has 1 unspecified atom stereocenters. The molecule has 3 rings (SSSR count). The molecule has 0 fully saturated rings. The van der Waals surface area contributed by atoms with Gasteiger partial charge in [-0.05, 0) is 35.7 Å². The minimum atomic E-state index is -0.372. The number of halogens is 1. The zero-order valence-corrected chi connectivity index (χ0v) is 11.8. The van der Waals surface area contributed by atoms with Crippen molar-refractivity contribution in [2.24, 2.45) is 0 Å². The van der Waals surface area contributed by atoms with Crippen molar-refractivity contribution in [3.05, 3.63) is 65.5 Å². The van der Waals surface area contributed by atoms with E-state index in [9.17, 15) is 9.18 Å². The molecule has 1 amide bonds. The highest BCUT2D eigenvalue weighted by Gasteiger charge is 2.28. The van der Waals surface area contributed by atoms with Crippen LogP contribution in [0.25, 0.3) is 0 Å². The molecule has 1 N–H and O–H groups in total. The van der Waals surface area contributed by atoms with Crippen molar-refractivity contribution in [3.8, 4) is 0 Å². The number of carbonyl (C=O) groups excluding carboxylic acids is 1. The number of fused-ring (bicyclic) bond motifs is 1. The molecule has 1 aliphatic rings. The van der Waals surface area contributed by atoms with Gasteiger partial charge < -0.3 is 10.2 Å². The molecule has 108 valence electrons. The minimum absolute atomic E-state index is 0.0762. The first-order valence-corrected chi connectivity index (χ1v) is 7.01. The van der Waals surface area contributed by atoms with Gasteiger partial charge in [-0.3, -0.25) is 4.79 Å². The SMILES string of the molecule is CN(C(=O)C1NCCc2ccccc21)c1cccc(F)c1. The Bertz CT molecular complexity index is 671. The third kappa shape index (κ3) is 2.67. The van der Waals surface area contributed by atoms with E-state index in [4.69, 9.17) is 0 Å². The second kappa shape index (κ2) is 5.66. The minimum Gasteiger partial charge on any atom is -0.314 e. The average molecular weight is 284 g/mol. The highest BCUT2D eigenvalue weighted by atomic mass is 19.1. The van der Waals surface area contributed by atoms with E-state index in [1.54, 1.807) is 19.2 Å². The maximum atomic E-state index is 13.3. The van der Waals surface area contributed by atoms with E-state index in [-0.39, 0.29) is 17.8 Å². The first-order valence-electron chi connectivity index (χ1n) is 7.01. The number of nitrogens with zero attached hydrogens (tertiary/aromatic N) is 1. The lowest BCUT2D eigenvalue weighted by Crippen LogP contribution is -2.42. The summed E-state index contributed by atoms with van der Waals surface area (Å²) in [6, 6.07) is 13.7. The number of carbonyl (C=O) groups is 1. The Balaban J connectivity index is 1.89. The van der Waals surface area contributed by atoms with E-state index in [0.717, 1.165) is 18.5 Å². The number of anilines is 1. The predicted octanol–water partition coefficient (Wildman–Crippen LogP) is 2.68. The molecule has 0 spiro atoms. The van der Waals surface area contributed by atoms with Crippen LogP contribution in [0, 0.1) is 5.82 Å². The third-order valence-corrected chi connectivity index (χ3v) is 3.88. The van der Waals surface area contributed by atoms with Gasteiger partial charge in [0.15, 0.2) is 0 Å². The number of nitrogens with one attached hydrogen (secondary N) is 1. The van der Waals surface area contributed by atoms with Crippen LogP contribution in [0.4, 0.5) is 10.1 Å². The maximum Gasteiger partial charge on any atom is 0.248 e. The summed E-state index contributed by atoms with van der Waals surface area (Å²) in [5.74, 6) is -0.420. The third-order valence-electron chi connectivity index (χ3n) is 3.88. The van der Waals surface area contributed by atoms with Crippen molar-refractivity contribution >= 4 is 11.6 Å². The van der Waals surface area contributed by atoms with E-state index in [2.05, 4.69) is 11.4 Å². The molecular formula is C17H17FN2O. The Morgan fingerprint density at radius 2 is 2.05 bits per heavy atom. The molecule has 0 aromatic heterocycles. The normalized spacial score (nSPS) is 17.1. The second-order valence-corrected chi connectivity index (χ2v) is 5.21. The van der Waals surface area contributed by atoms with Crippen LogP contribution in [0.15, 0.2) is 48.5 Å². The fraction of sp³-hybridized carbons (Fsp3) is 0.235. The van der Waals surface area contributed by atoms with Gasteiger partial charge in [0.05, 0.1) is 0 Å². The number of rotatable bonds is 2. The zero-order valence-electron chi connectivity index (χ0n) is 11.8. The van der Waals surface area contributed by atoms with Gasteiger partial charge in [-0.2, -0.15) is 0 Å². The zero-order chi connectivity index (χ0) is 14.8. The smallest absolute Gasteiger partial charge is 0.248 e. The van der Waals surface area contributed by atoms with Gasteiger partial charge in [-0.15, -0.1) is 0 Å². The van der Waals surface area contributed by atoms with Crippen molar-refractivity contribution in [1.29, 1.82) is 0 Å². The molecule has 1 aliphatic heterocycles. The molecule has 4 heteroatoms. The quantitative estimate of drug-likeness (QED) is 0.919. The van der Waals surface area contributed by atoms with Crippen molar-refractivity contribution in [1.82, 2.24) is 5.32 Å². The Hall–Kier alpha value is -2.20. The van der Waals surface area contributed by atoms with Gasteiger partial charge in [-0.25, -0.2) is 4.39 Å². The van der Waals surface area contributed by atoms with E-state index in [1.165, 1.54) is 22.6 Å². The molecule has 3 nitrogen and oxygen atoms in total. The molecule has 0 radical (unpaired) electrons. The fourth-order valence-corrected chi connectivity index (χ4v) is 2.73. The first kappa shape index (κ1) is 13.8. The summed E-state index contributed by atoms with van der Waals surface area (Å²) in [6.07, 6.45) is 0.920. The number of hydrogen-bond acceptors (Lipinski definition) is 2. The molecular weight excluding hydrogens is 267 g/mol. The topological polar surface area (TPSA) is 32.3 Å². The Morgan fingerprint density at radius 1 is 1.24 bits per heavy atom. The van der Waals surface area contributed by atoms with Crippen molar-refractivity contribution in [2.45, 2.75) is 12.5 Å². The Morgan fingerprint density at radius 3 is 2.86 bits per heavy atom. The first-order chi connectivity index (χ1) is 10.2. The van der Waals surface area contributed by atoms with Crippen LogP contribution in [0.5, 0.6) is 0 Å². The summed E-state index contributed by atoms with van der Waals surface area (Å²) in [5.41, 5.74) is 2.77. The molecule has 2 aromatic rings. The van der Waals surface area contributed by atoms with Gasteiger partial charge >= 0.3 is 0 Å². The lowest BCUT2D eigenvalue weighted by atomic mass is 9.93. The molecule has 2 aromatic carbocycles. The summed E-state index contributed by atoms with van der Waals surface area (Å²) in [6.45, 7) is 0.768. The molecule has 1 heterocycles. The van der Waals surface area contributed by atoms with E-state index < -0.39 is 0 Å². The van der Waals surface area contributed by atoms with Crippen LogP contribution in [0.1, 0.15) is 17.2 Å². The highest BCUT2D eigenvalue weighted by Crippen LogP contribution is 2.26. The largest absolute Gasteiger partial charge is 0.314 e. The van der Waals surface area contributed by atoms with Crippen LogP contribution in [-0.4, -0.2) is 19.5 Å². The van der Waals surface area contributed by atoms with Crippen LogP contribution < -0.4 is 10.2 Å². The number of likely N-dealkylation sites (N-methyl/N-ethyl adjacent to an activating group) is 1. The Labute approximate surface area is 123 Å². The lowest BCUT2D eigenvalue weighted by molar-refractivity contribution is -0.120. The molecule has 0 saturated carbocycles. The summed E-state index contributed by atoms with van der Waals surface area (Å²) in [7, 11) is 1.68. The molecule has 1 atom stereocenters. The summed E-state index contributed by atoms with van der Waals surface area (Å²) >= 11 is 0. The number of amides is 1. The lowest BCUT2D eigenvalue weighted by Gasteiger charge is -2.29. The molecule has 21 heavy (non-hydrogen) atoms. The van der Waals surface area contributed by atoms with Gasteiger partial charge in [0, 0.05) is 19.3 Å². The highest BCUT2D eigenvalue weighted by molar-refractivity contribution is 5.97. The second-order valence-electron chi connectivity index (χ2n) is 5.21. The van der Waals surface area contributed by atoms with E-state index >= 15 is 0 Å². The molecule has 0 bridgehead atoms. The summed E-state index contributed by atoms with van der Waals surface area (Å²) in [5, 5.41) is 3.26. The maximum absolute atomic E-state index is 13.3. The monoisotopic (exact) mass is 284 g/mol.